The molecule has 0 bridgehead atoms. The minimum Gasteiger partial charge on any atom is -0.461 e. The van der Waals surface area contributed by atoms with Crippen molar-refractivity contribution in [2.24, 2.45) is 5.73 Å². The maximum absolute atomic E-state index is 13.6. The number of sulfonamides is 1. The van der Waals surface area contributed by atoms with Crippen molar-refractivity contribution in [2.75, 3.05) is 30.8 Å². The van der Waals surface area contributed by atoms with E-state index >= 15 is 0 Å². The number of anilines is 1. The molecule has 0 unspecified atom stereocenters. The van der Waals surface area contributed by atoms with Gasteiger partial charge in [-0.1, -0.05) is 18.2 Å². The number of amides is 1. The largest absolute Gasteiger partial charge is 0.461 e. The average Bonchev–Trinajstić information content (AvgIpc) is 3.58. The van der Waals surface area contributed by atoms with Gasteiger partial charge in [0.05, 0.1) is 30.2 Å². The van der Waals surface area contributed by atoms with Crippen LogP contribution in [0, 0.1) is 5.82 Å². The fourth-order valence-electron chi connectivity index (χ4n) is 5.68. The van der Waals surface area contributed by atoms with Crippen LogP contribution in [0.5, 0.6) is 0 Å². The third kappa shape index (κ3) is 5.65. The van der Waals surface area contributed by atoms with E-state index in [4.69, 9.17) is 19.6 Å². The second-order valence-corrected chi connectivity index (χ2v) is 12.8. The fourth-order valence-corrected chi connectivity index (χ4v) is 6.64. The van der Waals surface area contributed by atoms with Crippen molar-refractivity contribution >= 4 is 49.5 Å². The SMILES string of the molecule is CNC(=O)c1c(-c2ccc(F)cc2)oc2cc3c(cc12)[C@H](C)O[C@H](COC(=O)[C@@H](N)c1c[nH]c2ccccc12)CN3S(C)(=O)=O. The molecule has 3 heterocycles. The number of esters is 1. The number of nitrogens with two attached hydrogens (primary N) is 1. The van der Waals surface area contributed by atoms with Crippen molar-refractivity contribution < 1.29 is 36.3 Å². The van der Waals surface area contributed by atoms with Gasteiger partial charge in [0.25, 0.3) is 5.91 Å². The van der Waals surface area contributed by atoms with Crippen LogP contribution in [0.3, 0.4) is 0 Å². The number of hydrogen-bond donors (Lipinski definition) is 3. The minimum absolute atomic E-state index is 0.162. The molecule has 11 nitrogen and oxygen atoms in total. The Hall–Kier alpha value is -4.72. The maximum atomic E-state index is 13.6. The highest BCUT2D eigenvalue weighted by atomic mass is 32.2. The smallest absolute Gasteiger partial charge is 0.327 e. The van der Waals surface area contributed by atoms with E-state index < -0.39 is 46.0 Å². The number of carbonyl (C=O) groups excluding carboxylic acids is 2. The number of fused-ring (bicyclic) bond motifs is 3. The van der Waals surface area contributed by atoms with Crippen LogP contribution in [-0.4, -0.2) is 57.8 Å². The van der Waals surface area contributed by atoms with Crippen molar-refractivity contribution in [1.29, 1.82) is 0 Å². The molecule has 1 aliphatic heterocycles. The first-order chi connectivity index (χ1) is 21.5. The molecule has 234 valence electrons. The standard InChI is InChI=1S/C32H31FN4O7S/c1-17-22-12-23-27(44-30(28(23)31(38)35-2)18-8-10-19(33)11-9-18)13-26(22)37(45(3,40)41)15-20(43-17)16-42-32(39)29(34)24-14-36-25-7-5-4-6-21(24)25/h4-14,17,20,29,36H,15-16,34H2,1-3H3,(H,35,38)/t17-,20-,29-/m0/s1. The number of ether oxygens (including phenoxy) is 2. The normalized spacial score (nSPS) is 17.6. The van der Waals surface area contributed by atoms with Gasteiger partial charge in [-0.2, -0.15) is 0 Å². The van der Waals surface area contributed by atoms with Gasteiger partial charge in [-0.3, -0.25) is 9.10 Å². The number of furan rings is 1. The Bertz CT molecular complexity index is 2040. The van der Waals surface area contributed by atoms with Crippen molar-refractivity contribution in [3.05, 3.63) is 89.4 Å². The third-order valence-corrected chi connectivity index (χ3v) is 9.04. The maximum Gasteiger partial charge on any atom is 0.327 e. The van der Waals surface area contributed by atoms with Gasteiger partial charge in [-0.15, -0.1) is 0 Å². The molecule has 45 heavy (non-hydrogen) atoms. The number of H-pyrrole nitrogens is 1. The molecule has 13 heteroatoms. The highest BCUT2D eigenvalue weighted by molar-refractivity contribution is 7.92. The summed E-state index contributed by atoms with van der Waals surface area (Å²) in [5, 5.41) is 3.83. The molecule has 5 aromatic rings. The Labute approximate surface area is 258 Å². The van der Waals surface area contributed by atoms with E-state index in [0.29, 0.717) is 27.8 Å². The summed E-state index contributed by atoms with van der Waals surface area (Å²) in [4.78, 5) is 29.1. The molecule has 3 atom stereocenters. The second-order valence-electron chi connectivity index (χ2n) is 10.9. The summed E-state index contributed by atoms with van der Waals surface area (Å²) < 4.78 is 58.9. The zero-order chi connectivity index (χ0) is 32.0. The molecule has 0 saturated heterocycles. The van der Waals surface area contributed by atoms with E-state index in [1.54, 1.807) is 25.3 Å². The Morgan fingerprint density at radius 2 is 1.89 bits per heavy atom. The van der Waals surface area contributed by atoms with Gasteiger partial charge in [-0.25, -0.2) is 17.6 Å². The number of nitrogens with one attached hydrogen (secondary N) is 2. The van der Waals surface area contributed by atoms with Crippen LogP contribution in [0.15, 0.2) is 71.3 Å². The number of para-hydroxylation sites is 1. The highest BCUT2D eigenvalue weighted by Crippen LogP contribution is 2.42. The summed E-state index contributed by atoms with van der Waals surface area (Å²) in [5.41, 5.74) is 9.35. The summed E-state index contributed by atoms with van der Waals surface area (Å²) in [6.07, 6.45) is 1.20. The summed E-state index contributed by atoms with van der Waals surface area (Å²) in [7, 11) is -2.38. The van der Waals surface area contributed by atoms with Gasteiger partial charge < -0.3 is 29.9 Å². The van der Waals surface area contributed by atoms with Crippen LogP contribution in [0.25, 0.3) is 33.2 Å². The van der Waals surface area contributed by atoms with Gasteiger partial charge in [0, 0.05) is 52.3 Å². The molecule has 1 amide bonds. The Balaban J connectivity index is 1.32. The van der Waals surface area contributed by atoms with Gasteiger partial charge in [0.2, 0.25) is 10.0 Å². The molecule has 0 radical (unpaired) electrons. The lowest BCUT2D eigenvalue weighted by Crippen LogP contribution is -2.39. The van der Waals surface area contributed by atoms with Gasteiger partial charge in [0.1, 0.15) is 35.9 Å². The predicted octanol–water partition coefficient (Wildman–Crippen LogP) is 4.55. The first kappa shape index (κ1) is 30.3. The minimum atomic E-state index is -3.86. The molecule has 0 spiro atoms. The summed E-state index contributed by atoms with van der Waals surface area (Å²) in [6, 6.07) is 15.1. The van der Waals surface area contributed by atoms with Crippen molar-refractivity contribution in [3.63, 3.8) is 0 Å². The lowest BCUT2D eigenvalue weighted by Gasteiger charge is -2.25. The first-order valence-corrected chi connectivity index (χ1v) is 16.0. The van der Waals surface area contributed by atoms with Gasteiger partial charge in [-0.05, 0) is 43.3 Å². The van der Waals surface area contributed by atoms with Crippen LogP contribution in [0.1, 0.15) is 40.6 Å². The van der Waals surface area contributed by atoms with E-state index in [-0.39, 0.29) is 30.1 Å². The number of rotatable bonds is 7. The predicted molar refractivity (Wildman–Crippen MR) is 167 cm³/mol. The summed E-state index contributed by atoms with van der Waals surface area (Å²) in [6.45, 7) is 1.32. The topological polar surface area (TPSA) is 157 Å². The number of hydrogen-bond acceptors (Lipinski definition) is 8. The Morgan fingerprint density at radius 1 is 1.16 bits per heavy atom. The zero-order valence-corrected chi connectivity index (χ0v) is 25.5. The Morgan fingerprint density at radius 3 is 2.60 bits per heavy atom. The zero-order valence-electron chi connectivity index (χ0n) is 24.7. The number of nitrogens with zero attached hydrogens (tertiary/aromatic N) is 1. The molecule has 0 saturated carbocycles. The number of aromatic nitrogens is 1. The number of halogens is 1. The van der Waals surface area contributed by atoms with Crippen molar-refractivity contribution in [3.8, 4) is 11.3 Å². The summed E-state index contributed by atoms with van der Waals surface area (Å²) >= 11 is 0. The second kappa shape index (κ2) is 11.7. The number of benzene rings is 3. The quantitative estimate of drug-likeness (QED) is 0.220. The van der Waals surface area contributed by atoms with E-state index in [1.807, 2.05) is 24.3 Å². The van der Waals surface area contributed by atoms with Crippen LogP contribution >= 0.6 is 0 Å². The fraction of sp³-hybridized carbons (Fsp3) is 0.250. The first-order valence-electron chi connectivity index (χ1n) is 14.2. The molecule has 2 aromatic heterocycles. The lowest BCUT2D eigenvalue weighted by molar-refractivity contribution is -0.150. The third-order valence-electron chi connectivity index (χ3n) is 7.89. The van der Waals surface area contributed by atoms with Gasteiger partial charge in [0.15, 0.2) is 0 Å². The van der Waals surface area contributed by atoms with Crippen molar-refractivity contribution in [2.45, 2.75) is 25.2 Å². The summed E-state index contributed by atoms with van der Waals surface area (Å²) in [5.74, 6) is -1.37. The van der Waals surface area contributed by atoms with E-state index in [2.05, 4.69) is 10.3 Å². The molecule has 0 aliphatic carbocycles. The van der Waals surface area contributed by atoms with E-state index in [9.17, 15) is 22.4 Å². The van der Waals surface area contributed by atoms with Crippen LogP contribution < -0.4 is 15.4 Å². The molecule has 6 rings (SSSR count). The molecule has 3 aromatic carbocycles. The van der Waals surface area contributed by atoms with E-state index in [1.165, 1.54) is 35.6 Å². The molecular weight excluding hydrogens is 603 g/mol. The van der Waals surface area contributed by atoms with E-state index in [0.717, 1.165) is 17.2 Å². The van der Waals surface area contributed by atoms with Crippen molar-refractivity contribution in [1.82, 2.24) is 10.3 Å². The molecule has 1 aliphatic rings. The lowest BCUT2D eigenvalue weighted by atomic mass is 10.0. The van der Waals surface area contributed by atoms with Crippen LogP contribution in [0.2, 0.25) is 0 Å². The Kier molecular flexibility index (Phi) is 7.85. The van der Waals surface area contributed by atoms with Crippen LogP contribution in [-0.2, 0) is 24.3 Å². The molecular formula is C32H31FN4O7S. The van der Waals surface area contributed by atoms with Crippen LogP contribution in [0.4, 0.5) is 10.1 Å². The monoisotopic (exact) mass is 634 g/mol. The van der Waals surface area contributed by atoms with Gasteiger partial charge >= 0.3 is 5.97 Å². The average molecular weight is 635 g/mol. The molecule has 4 N–H and O–H groups in total. The number of carbonyl (C=O) groups is 2. The number of aromatic amines is 1. The molecule has 0 fully saturated rings. The highest BCUT2D eigenvalue weighted by Gasteiger charge is 2.35.